The smallest absolute Gasteiger partial charge is 0.291 e. The fourth-order valence-electron chi connectivity index (χ4n) is 6.09. The summed E-state index contributed by atoms with van der Waals surface area (Å²) in [6.07, 6.45) is 7.45. The molecule has 4 aromatic carbocycles. The fourth-order valence-corrected chi connectivity index (χ4v) is 6.09. The maximum absolute atomic E-state index is 13.2. The van der Waals surface area contributed by atoms with Crippen LogP contribution >= 0.6 is 0 Å². The molecule has 0 saturated carbocycles. The minimum absolute atomic E-state index is 0.0790. The van der Waals surface area contributed by atoms with E-state index >= 15 is 0 Å². The molecule has 1 N–H and O–H groups in total. The highest BCUT2D eigenvalue weighted by molar-refractivity contribution is 6.05. The minimum atomic E-state index is -0.543. The number of carbonyl (C=O) groups is 1. The Hall–Kier alpha value is -6.20. The van der Waals surface area contributed by atoms with Crippen molar-refractivity contribution in [2.75, 3.05) is 18.4 Å². The van der Waals surface area contributed by atoms with Crippen molar-refractivity contribution in [1.82, 2.24) is 34.7 Å². The quantitative estimate of drug-likeness (QED) is 0.208. The lowest BCUT2D eigenvalue weighted by molar-refractivity contribution is 0.0997. The van der Waals surface area contributed by atoms with Crippen molar-refractivity contribution in [2.45, 2.75) is 33.2 Å². The standard InChI is InChI=1S/C36H32N6O3.C4H6N2/c1-23-19-30(31(20-24(23)2)37-36(44)34-21-32(43)29-9-5-6-10-33(29)45-34)35-38-40-42(39-35)28-13-11-25(12-14-28)15-17-41-18-16-26-7-3-4-8-27(26)22-41;1-6-3-2-5-4-6/h3-14,19-21H,15-18,22H2,1-2H3,(H,37,44);2-4H,1H3. The van der Waals surface area contributed by atoms with Gasteiger partial charge < -0.3 is 14.3 Å². The number of imidazole rings is 1. The van der Waals surface area contributed by atoms with Gasteiger partial charge in [-0.05, 0) is 96.1 Å². The van der Waals surface area contributed by atoms with Gasteiger partial charge in [-0.15, -0.1) is 15.0 Å². The van der Waals surface area contributed by atoms with Gasteiger partial charge in [0.25, 0.3) is 5.91 Å². The highest BCUT2D eigenvalue weighted by atomic mass is 16.3. The van der Waals surface area contributed by atoms with Gasteiger partial charge in [-0.25, -0.2) is 4.98 Å². The molecule has 3 aromatic heterocycles. The summed E-state index contributed by atoms with van der Waals surface area (Å²) >= 11 is 0. The van der Waals surface area contributed by atoms with Gasteiger partial charge in [0.2, 0.25) is 5.82 Å². The van der Waals surface area contributed by atoms with Gasteiger partial charge in [-0.1, -0.05) is 48.5 Å². The van der Waals surface area contributed by atoms with Crippen LogP contribution in [0.25, 0.3) is 28.0 Å². The SMILES string of the molecule is Cc1cc(NC(=O)c2cc(=O)c3ccccc3o2)c(-c2nnn(-c3ccc(CCN4CCc5ccccc5C4)cc3)n2)cc1C.Cn1ccnc1. The molecule has 11 heteroatoms. The number of rotatable bonds is 7. The lowest BCUT2D eigenvalue weighted by atomic mass is 9.99. The van der Waals surface area contributed by atoms with E-state index in [-0.39, 0.29) is 11.2 Å². The summed E-state index contributed by atoms with van der Waals surface area (Å²) < 4.78 is 7.64. The molecular weight excluding hydrogens is 640 g/mol. The van der Waals surface area contributed by atoms with Crippen LogP contribution in [0.2, 0.25) is 0 Å². The first-order chi connectivity index (χ1) is 24.8. The third kappa shape index (κ3) is 7.68. The first kappa shape index (κ1) is 33.3. The topological polar surface area (TPSA) is 124 Å². The molecular formula is C40H38N8O3. The van der Waals surface area contributed by atoms with E-state index in [4.69, 9.17) is 4.42 Å². The van der Waals surface area contributed by atoms with Crippen LogP contribution in [0.15, 0.2) is 119 Å². The van der Waals surface area contributed by atoms with Gasteiger partial charge in [0, 0.05) is 50.7 Å². The molecule has 11 nitrogen and oxygen atoms in total. The highest BCUT2D eigenvalue weighted by Gasteiger charge is 2.19. The van der Waals surface area contributed by atoms with Crippen molar-refractivity contribution < 1.29 is 9.21 Å². The zero-order chi connectivity index (χ0) is 35.3. The minimum Gasteiger partial charge on any atom is -0.451 e. The predicted molar refractivity (Wildman–Crippen MR) is 197 cm³/mol. The predicted octanol–water partition coefficient (Wildman–Crippen LogP) is 6.33. The second kappa shape index (κ2) is 14.7. The molecule has 8 rings (SSSR count). The van der Waals surface area contributed by atoms with Gasteiger partial charge in [-0.2, -0.15) is 0 Å². The third-order valence-electron chi connectivity index (χ3n) is 9.13. The van der Waals surface area contributed by atoms with Crippen LogP contribution in [0.5, 0.6) is 0 Å². The summed E-state index contributed by atoms with van der Waals surface area (Å²) in [5, 5.41) is 16.6. The van der Waals surface area contributed by atoms with Gasteiger partial charge in [0.15, 0.2) is 11.2 Å². The number of hydrogen-bond donors (Lipinski definition) is 1. The molecule has 0 saturated heterocycles. The van der Waals surface area contributed by atoms with Crippen molar-refractivity contribution >= 4 is 22.6 Å². The van der Waals surface area contributed by atoms with E-state index in [2.05, 4.69) is 67.0 Å². The second-order valence-corrected chi connectivity index (χ2v) is 12.7. The van der Waals surface area contributed by atoms with E-state index in [9.17, 15) is 9.59 Å². The number of hydrogen-bond acceptors (Lipinski definition) is 8. The molecule has 1 aliphatic heterocycles. The highest BCUT2D eigenvalue weighted by Crippen LogP contribution is 2.29. The number of carbonyl (C=O) groups excluding carboxylic acids is 1. The van der Waals surface area contributed by atoms with E-state index in [1.54, 1.807) is 36.8 Å². The van der Waals surface area contributed by atoms with Crippen LogP contribution in [0.3, 0.4) is 0 Å². The van der Waals surface area contributed by atoms with Gasteiger partial charge in [-0.3, -0.25) is 14.5 Å². The molecule has 1 amide bonds. The van der Waals surface area contributed by atoms with Gasteiger partial charge in [0.1, 0.15) is 5.58 Å². The third-order valence-corrected chi connectivity index (χ3v) is 9.13. The summed E-state index contributed by atoms with van der Waals surface area (Å²) in [5.74, 6) is -0.258. The van der Waals surface area contributed by atoms with E-state index in [0.717, 1.165) is 49.3 Å². The summed E-state index contributed by atoms with van der Waals surface area (Å²) in [6, 6.07) is 28.7. The van der Waals surface area contributed by atoms with Crippen molar-refractivity contribution in [3.05, 3.63) is 154 Å². The monoisotopic (exact) mass is 678 g/mol. The summed E-state index contributed by atoms with van der Waals surface area (Å²) in [6.45, 7) is 7.03. The molecule has 0 unspecified atom stereocenters. The average Bonchev–Trinajstić information content (AvgIpc) is 3.85. The summed E-state index contributed by atoms with van der Waals surface area (Å²) in [4.78, 5) is 33.6. The van der Waals surface area contributed by atoms with Crippen LogP contribution in [-0.2, 0) is 26.4 Å². The van der Waals surface area contributed by atoms with Crippen LogP contribution in [0, 0.1) is 13.8 Å². The largest absolute Gasteiger partial charge is 0.451 e. The molecule has 0 bridgehead atoms. The number of nitrogens with zero attached hydrogens (tertiary/aromatic N) is 7. The molecule has 0 spiro atoms. The number of amides is 1. The Morgan fingerprint density at radius 2 is 1.69 bits per heavy atom. The molecule has 0 aliphatic carbocycles. The van der Waals surface area contributed by atoms with Crippen LogP contribution in [0.4, 0.5) is 5.69 Å². The zero-order valence-electron chi connectivity index (χ0n) is 28.8. The number of benzene rings is 4. The first-order valence-electron chi connectivity index (χ1n) is 16.9. The molecule has 0 radical (unpaired) electrons. The average molecular weight is 679 g/mol. The lowest BCUT2D eigenvalue weighted by Gasteiger charge is -2.28. The molecule has 0 fully saturated rings. The lowest BCUT2D eigenvalue weighted by Crippen LogP contribution is -2.32. The summed E-state index contributed by atoms with van der Waals surface area (Å²) in [7, 11) is 1.94. The Balaban J connectivity index is 0.000000615. The van der Waals surface area contributed by atoms with Crippen LogP contribution in [-0.4, -0.2) is 53.7 Å². The van der Waals surface area contributed by atoms with Crippen molar-refractivity contribution in [3.63, 3.8) is 0 Å². The number of tetrazole rings is 1. The first-order valence-corrected chi connectivity index (χ1v) is 16.9. The number of fused-ring (bicyclic) bond motifs is 2. The molecule has 0 atom stereocenters. The Labute approximate surface area is 295 Å². The van der Waals surface area contributed by atoms with E-state index < -0.39 is 5.91 Å². The van der Waals surface area contributed by atoms with Crippen molar-refractivity contribution in [1.29, 1.82) is 0 Å². The summed E-state index contributed by atoms with van der Waals surface area (Å²) in [5.41, 5.74) is 8.09. The van der Waals surface area contributed by atoms with Crippen molar-refractivity contribution in [3.8, 4) is 17.1 Å². The maximum Gasteiger partial charge on any atom is 0.291 e. The van der Waals surface area contributed by atoms with E-state index in [1.807, 2.05) is 55.9 Å². The van der Waals surface area contributed by atoms with E-state index in [0.29, 0.717) is 28.0 Å². The normalized spacial score (nSPS) is 12.6. The van der Waals surface area contributed by atoms with Crippen LogP contribution in [0.1, 0.15) is 38.4 Å². The zero-order valence-corrected chi connectivity index (χ0v) is 28.8. The number of anilines is 1. The van der Waals surface area contributed by atoms with Gasteiger partial charge in [0.05, 0.1) is 23.1 Å². The number of aryl methyl sites for hydroxylation is 3. The molecule has 4 heterocycles. The Morgan fingerprint density at radius 3 is 2.45 bits per heavy atom. The number of nitrogens with one attached hydrogen (secondary N) is 1. The second-order valence-electron chi connectivity index (χ2n) is 12.7. The van der Waals surface area contributed by atoms with Crippen molar-refractivity contribution in [2.24, 2.45) is 7.05 Å². The van der Waals surface area contributed by atoms with Gasteiger partial charge >= 0.3 is 0 Å². The number of aromatic nitrogens is 6. The number of para-hydroxylation sites is 1. The molecule has 256 valence electrons. The Morgan fingerprint density at radius 1 is 0.922 bits per heavy atom. The van der Waals surface area contributed by atoms with E-state index in [1.165, 1.54) is 27.6 Å². The molecule has 7 aromatic rings. The molecule has 1 aliphatic rings. The Bertz CT molecular complexity index is 2360. The fraction of sp³-hybridized carbons (Fsp3) is 0.200. The molecule has 51 heavy (non-hydrogen) atoms. The maximum atomic E-state index is 13.2. The Kier molecular flexibility index (Phi) is 9.62. The van der Waals surface area contributed by atoms with Crippen LogP contribution < -0.4 is 10.7 Å².